The van der Waals surface area contributed by atoms with Crippen molar-refractivity contribution >= 4 is 18.0 Å². The molecular formula is C22H25N2O5-. The first-order valence-electron chi connectivity index (χ1n) is 9.39. The van der Waals surface area contributed by atoms with Crippen LogP contribution in [0.5, 0.6) is 0 Å². The fourth-order valence-corrected chi connectivity index (χ4v) is 2.72. The largest absolute Gasteiger partial charge is 0.548 e. The summed E-state index contributed by atoms with van der Waals surface area (Å²) in [4.78, 5) is 36.2. The van der Waals surface area contributed by atoms with E-state index in [0.717, 1.165) is 11.1 Å². The van der Waals surface area contributed by atoms with E-state index in [0.29, 0.717) is 0 Å². The predicted molar refractivity (Wildman–Crippen MR) is 105 cm³/mol. The molecule has 2 rings (SSSR count). The maximum absolute atomic E-state index is 12.7. The van der Waals surface area contributed by atoms with E-state index in [1.807, 2.05) is 60.7 Å². The highest BCUT2D eigenvalue weighted by Gasteiger charge is 2.26. The number of rotatable bonds is 9. The van der Waals surface area contributed by atoms with Crippen LogP contribution < -0.4 is 15.7 Å². The first-order valence-corrected chi connectivity index (χ1v) is 9.39. The van der Waals surface area contributed by atoms with E-state index in [4.69, 9.17) is 4.74 Å². The van der Waals surface area contributed by atoms with Crippen molar-refractivity contribution in [2.24, 2.45) is 5.92 Å². The molecule has 0 aliphatic carbocycles. The highest BCUT2D eigenvalue weighted by molar-refractivity contribution is 5.89. The number of hydrogen-bond donors (Lipinski definition) is 2. The van der Waals surface area contributed by atoms with Gasteiger partial charge in [-0.1, -0.05) is 74.5 Å². The number of carbonyl (C=O) groups is 3. The van der Waals surface area contributed by atoms with Gasteiger partial charge in [0.25, 0.3) is 0 Å². The molecule has 154 valence electrons. The Kier molecular flexibility index (Phi) is 8.21. The number of amides is 2. The molecule has 0 aromatic heterocycles. The van der Waals surface area contributed by atoms with E-state index in [2.05, 4.69) is 10.6 Å². The van der Waals surface area contributed by atoms with Crippen molar-refractivity contribution in [3.05, 3.63) is 71.8 Å². The first kappa shape index (κ1) is 21.9. The number of carbonyl (C=O) groups excluding carboxylic acids is 3. The molecule has 29 heavy (non-hydrogen) atoms. The van der Waals surface area contributed by atoms with Crippen LogP contribution >= 0.6 is 0 Å². The third-order valence-corrected chi connectivity index (χ3v) is 4.32. The van der Waals surface area contributed by atoms with Gasteiger partial charge in [0.2, 0.25) is 5.91 Å². The summed E-state index contributed by atoms with van der Waals surface area (Å²) in [6.07, 6.45) is -0.579. The van der Waals surface area contributed by atoms with Gasteiger partial charge in [0.05, 0.1) is 12.0 Å². The van der Waals surface area contributed by atoms with Crippen LogP contribution in [0.15, 0.2) is 60.7 Å². The zero-order chi connectivity index (χ0) is 21.2. The molecule has 0 radical (unpaired) electrons. The second-order valence-corrected chi connectivity index (χ2v) is 7.00. The maximum Gasteiger partial charge on any atom is 0.408 e. The summed E-state index contributed by atoms with van der Waals surface area (Å²) in [5, 5.41) is 16.3. The number of carboxylic acid groups (broad SMARTS) is 1. The van der Waals surface area contributed by atoms with Crippen molar-refractivity contribution in [3.63, 3.8) is 0 Å². The minimum Gasteiger partial charge on any atom is -0.548 e. The van der Waals surface area contributed by atoms with Crippen molar-refractivity contribution < 1.29 is 24.2 Å². The quantitative estimate of drug-likeness (QED) is 0.665. The Morgan fingerprint density at radius 3 is 1.97 bits per heavy atom. The van der Waals surface area contributed by atoms with Gasteiger partial charge in [-0.05, 0) is 17.0 Å². The smallest absolute Gasteiger partial charge is 0.408 e. The zero-order valence-electron chi connectivity index (χ0n) is 16.5. The summed E-state index contributed by atoms with van der Waals surface area (Å²) in [6, 6.07) is 16.1. The predicted octanol–water partition coefficient (Wildman–Crippen LogP) is 1.41. The average molecular weight is 397 g/mol. The number of hydrogen-bond acceptors (Lipinski definition) is 5. The summed E-state index contributed by atoms with van der Waals surface area (Å²) in [5.41, 5.74) is 1.62. The van der Waals surface area contributed by atoms with Crippen LogP contribution in [0.4, 0.5) is 4.79 Å². The highest BCUT2D eigenvalue weighted by Crippen LogP contribution is 2.07. The minimum atomic E-state index is -1.38. The van der Waals surface area contributed by atoms with Gasteiger partial charge < -0.3 is 25.3 Å². The molecule has 2 aromatic rings. The minimum absolute atomic E-state index is 0.0556. The molecule has 0 fully saturated rings. The van der Waals surface area contributed by atoms with Gasteiger partial charge in [-0.15, -0.1) is 0 Å². The van der Waals surface area contributed by atoms with Gasteiger partial charge in [-0.2, -0.15) is 0 Å². The fourth-order valence-electron chi connectivity index (χ4n) is 2.72. The Bertz CT molecular complexity index is 808. The third kappa shape index (κ3) is 7.29. The molecule has 0 bridgehead atoms. The Labute approximate surface area is 170 Å². The number of alkyl carbamates (subject to hydrolysis) is 1. The highest BCUT2D eigenvalue weighted by atomic mass is 16.5. The van der Waals surface area contributed by atoms with E-state index in [9.17, 15) is 19.5 Å². The number of aliphatic carboxylic acids is 1. The molecule has 2 amide bonds. The van der Waals surface area contributed by atoms with Crippen LogP contribution in [0.25, 0.3) is 0 Å². The molecular weight excluding hydrogens is 372 g/mol. The number of carboxylic acids is 1. The summed E-state index contributed by atoms with van der Waals surface area (Å²) in [6.45, 7) is 3.38. The van der Waals surface area contributed by atoms with Crippen molar-refractivity contribution in [2.75, 3.05) is 0 Å². The lowest BCUT2D eigenvalue weighted by Gasteiger charge is -2.26. The monoisotopic (exact) mass is 397 g/mol. The van der Waals surface area contributed by atoms with E-state index >= 15 is 0 Å². The average Bonchev–Trinajstić information content (AvgIpc) is 2.71. The van der Waals surface area contributed by atoms with E-state index in [1.54, 1.807) is 13.8 Å². The van der Waals surface area contributed by atoms with Crippen LogP contribution in [-0.4, -0.2) is 30.1 Å². The molecule has 0 heterocycles. The summed E-state index contributed by atoms with van der Waals surface area (Å²) < 4.78 is 5.19. The zero-order valence-corrected chi connectivity index (χ0v) is 16.5. The van der Waals surface area contributed by atoms with Gasteiger partial charge in [0.15, 0.2) is 0 Å². The number of benzene rings is 2. The van der Waals surface area contributed by atoms with Crippen LogP contribution in [0.1, 0.15) is 25.0 Å². The molecule has 2 N–H and O–H groups in total. The lowest BCUT2D eigenvalue weighted by Crippen LogP contribution is -2.56. The van der Waals surface area contributed by atoms with Crippen molar-refractivity contribution in [1.29, 1.82) is 0 Å². The maximum atomic E-state index is 12.7. The second-order valence-electron chi connectivity index (χ2n) is 7.00. The van der Waals surface area contributed by atoms with Crippen LogP contribution in [-0.2, 0) is 27.4 Å². The lowest BCUT2D eigenvalue weighted by atomic mass is 10.0. The second kappa shape index (κ2) is 10.8. The van der Waals surface area contributed by atoms with Crippen molar-refractivity contribution in [2.45, 2.75) is 39.0 Å². The molecule has 0 spiro atoms. The standard InChI is InChI=1S/C22H26N2O5/c1-15(2)19(21(26)27)24-20(25)18(13-16-9-5-3-6-10-16)23-22(28)29-14-17-11-7-4-8-12-17/h3-12,15,18-19H,13-14H2,1-2H3,(H,23,28)(H,24,25)(H,26,27)/p-1/t18-,19-/m1/s1. The van der Waals surface area contributed by atoms with Gasteiger partial charge in [-0.3, -0.25) is 4.79 Å². The van der Waals surface area contributed by atoms with Crippen LogP contribution in [0, 0.1) is 5.92 Å². The first-order chi connectivity index (χ1) is 13.9. The van der Waals surface area contributed by atoms with Gasteiger partial charge in [0, 0.05) is 6.42 Å². The summed E-state index contributed by atoms with van der Waals surface area (Å²) >= 11 is 0. The molecule has 7 nitrogen and oxygen atoms in total. The summed E-state index contributed by atoms with van der Waals surface area (Å²) in [7, 11) is 0. The third-order valence-electron chi connectivity index (χ3n) is 4.32. The topological polar surface area (TPSA) is 108 Å². The molecule has 0 saturated heterocycles. The SMILES string of the molecule is CC(C)[C@@H](NC(=O)[C@@H](Cc1ccccc1)NC(=O)OCc1ccccc1)C(=O)[O-]. The molecule has 0 unspecified atom stereocenters. The summed E-state index contributed by atoms with van der Waals surface area (Å²) in [5.74, 6) is -2.36. The van der Waals surface area contributed by atoms with Crippen LogP contribution in [0.2, 0.25) is 0 Å². The Hall–Kier alpha value is -3.35. The Morgan fingerprint density at radius 2 is 1.45 bits per heavy atom. The molecule has 2 aromatic carbocycles. The molecule has 2 atom stereocenters. The normalized spacial score (nSPS) is 12.7. The molecule has 0 aliphatic heterocycles. The molecule has 0 aliphatic rings. The van der Waals surface area contributed by atoms with Gasteiger partial charge in [0.1, 0.15) is 12.6 Å². The van der Waals surface area contributed by atoms with E-state index in [1.165, 1.54) is 0 Å². The lowest BCUT2D eigenvalue weighted by molar-refractivity contribution is -0.309. The van der Waals surface area contributed by atoms with Crippen molar-refractivity contribution in [1.82, 2.24) is 10.6 Å². The number of ether oxygens (including phenoxy) is 1. The Morgan fingerprint density at radius 1 is 0.897 bits per heavy atom. The van der Waals surface area contributed by atoms with E-state index in [-0.39, 0.29) is 18.9 Å². The van der Waals surface area contributed by atoms with Crippen LogP contribution in [0.3, 0.4) is 0 Å². The fraction of sp³-hybridized carbons (Fsp3) is 0.318. The van der Waals surface area contributed by atoms with Crippen molar-refractivity contribution in [3.8, 4) is 0 Å². The van der Waals surface area contributed by atoms with Gasteiger partial charge in [-0.25, -0.2) is 4.79 Å². The van der Waals surface area contributed by atoms with E-state index < -0.39 is 30.1 Å². The molecule has 7 heteroatoms. The van der Waals surface area contributed by atoms with Gasteiger partial charge >= 0.3 is 6.09 Å². The Balaban J connectivity index is 2.06. The number of nitrogens with one attached hydrogen (secondary N) is 2. The molecule has 0 saturated carbocycles.